The Balaban J connectivity index is 2.04. The van der Waals surface area contributed by atoms with Crippen molar-refractivity contribution in [1.82, 2.24) is 4.90 Å². The van der Waals surface area contributed by atoms with Crippen LogP contribution in [-0.2, 0) is 4.74 Å². The second-order valence-corrected chi connectivity index (χ2v) is 4.23. The molecule has 0 saturated heterocycles. The normalized spacial score (nSPS) is 20.3. The van der Waals surface area contributed by atoms with Gasteiger partial charge in [-0.05, 0) is 25.8 Å². The van der Waals surface area contributed by atoms with E-state index in [0.29, 0.717) is 6.61 Å². The molecule has 3 nitrogen and oxygen atoms in total. The van der Waals surface area contributed by atoms with Gasteiger partial charge in [0.2, 0.25) is 0 Å². The Morgan fingerprint density at radius 3 is 2.69 bits per heavy atom. The van der Waals surface area contributed by atoms with Gasteiger partial charge in [0, 0.05) is 26.2 Å². The summed E-state index contributed by atoms with van der Waals surface area (Å²) in [5, 5.41) is 0. The van der Waals surface area contributed by atoms with Crippen LogP contribution in [0.2, 0.25) is 0 Å². The van der Waals surface area contributed by atoms with Crippen LogP contribution in [0.5, 0.6) is 0 Å². The molecule has 78 valence electrons. The molecular weight excluding hydrogens is 164 g/mol. The highest BCUT2D eigenvalue weighted by molar-refractivity contribution is 4.74. The van der Waals surface area contributed by atoms with E-state index in [9.17, 15) is 0 Å². The summed E-state index contributed by atoms with van der Waals surface area (Å²) in [5.41, 5.74) is 5.85. The molecule has 2 N–H and O–H groups in total. The first-order valence-electron chi connectivity index (χ1n) is 5.15. The minimum absolute atomic E-state index is 0.162. The minimum Gasteiger partial charge on any atom is -0.383 e. The Morgan fingerprint density at radius 2 is 2.23 bits per heavy atom. The standard InChI is InChI=1S/C10H22N2O/c1-12(6-9-4-3-5-9)7-10(11)8-13-2/h9-10H,3-8,11H2,1-2H3. The van der Waals surface area contributed by atoms with E-state index in [1.54, 1.807) is 7.11 Å². The molecule has 1 unspecified atom stereocenters. The number of ether oxygens (including phenoxy) is 1. The maximum Gasteiger partial charge on any atom is 0.0626 e. The smallest absolute Gasteiger partial charge is 0.0626 e. The molecule has 1 rings (SSSR count). The topological polar surface area (TPSA) is 38.5 Å². The molecule has 0 aromatic rings. The maximum atomic E-state index is 5.85. The van der Waals surface area contributed by atoms with Crippen molar-refractivity contribution in [3.05, 3.63) is 0 Å². The first-order valence-corrected chi connectivity index (χ1v) is 5.15. The predicted molar refractivity (Wildman–Crippen MR) is 54.7 cm³/mol. The molecule has 0 aromatic heterocycles. The fourth-order valence-corrected chi connectivity index (χ4v) is 1.86. The second-order valence-electron chi connectivity index (χ2n) is 4.23. The monoisotopic (exact) mass is 186 g/mol. The van der Waals surface area contributed by atoms with Crippen molar-refractivity contribution in [2.75, 3.05) is 33.9 Å². The lowest BCUT2D eigenvalue weighted by atomic mass is 9.85. The van der Waals surface area contributed by atoms with Crippen LogP contribution in [0.3, 0.4) is 0 Å². The summed E-state index contributed by atoms with van der Waals surface area (Å²) in [4.78, 5) is 2.33. The molecule has 1 fully saturated rings. The second kappa shape index (κ2) is 5.58. The quantitative estimate of drug-likeness (QED) is 0.663. The largest absolute Gasteiger partial charge is 0.383 e. The van der Waals surface area contributed by atoms with Gasteiger partial charge in [0.15, 0.2) is 0 Å². The number of hydrogen-bond donors (Lipinski definition) is 1. The van der Waals surface area contributed by atoms with Crippen LogP contribution >= 0.6 is 0 Å². The molecule has 1 saturated carbocycles. The Morgan fingerprint density at radius 1 is 1.54 bits per heavy atom. The van der Waals surface area contributed by atoms with E-state index in [1.807, 2.05) is 0 Å². The molecule has 0 aliphatic heterocycles. The average molecular weight is 186 g/mol. The van der Waals surface area contributed by atoms with E-state index >= 15 is 0 Å². The van der Waals surface area contributed by atoms with E-state index in [4.69, 9.17) is 10.5 Å². The molecule has 0 spiro atoms. The van der Waals surface area contributed by atoms with Crippen molar-refractivity contribution >= 4 is 0 Å². The van der Waals surface area contributed by atoms with Crippen molar-refractivity contribution in [1.29, 1.82) is 0 Å². The summed E-state index contributed by atoms with van der Waals surface area (Å²) in [5.74, 6) is 0.930. The zero-order chi connectivity index (χ0) is 9.68. The van der Waals surface area contributed by atoms with Gasteiger partial charge in [-0.3, -0.25) is 0 Å². The number of methoxy groups -OCH3 is 1. The highest BCUT2D eigenvalue weighted by Gasteiger charge is 2.19. The third-order valence-electron chi connectivity index (χ3n) is 2.72. The average Bonchev–Trinajstić information content (AvgIpc) is 1.97. The molecule has 1 atom stereocenters. The molecule has 0 aromatic carbocycles. The van der Waals surface area contributed by atoms with Gasteiger partial charge in [-0.25, -0.2) is 0 Å². The molecule has 0 bridgehead atoms. The predicted octanol–water partition coefficient (Wildman–Crippen LogP) is 0.692. The summed E-state index contributed by atoms with van der Waals surface area (Å²) in [6, 6.07) is 0.162. The van der Waals surface area contributed by atoms with Crippen molar-refractivity contribution < 1.29 is 4.74 Å². The first-order chi connectivity index (χ1) is 6.22. The van der Waals surface area contributed by atoms with Gasteiger partial charge >= 0.3 is 0 Å². The summed E-state index contributed by atoms with van der Waals surface area (Å²) in [7, 11) is 3.85. The maximum absolute atomic E-state index is 5.85. The van der Waals surface area contributed by atoms with Gasteiger partial charge in [-0.1, -0.05) is 6.42 Å². The van der Waals surface area contributed by atoms with Gasteiger partial charge < -0.3 is 15.4 Å². The van der Waals surface area contributed by atoms with Crippen LogP contribution in [0.15, 0.2) is 0 Å². The lowest BCUT2D eigenvalue weighted by molar-refractivity contribution is 0.145. The summed E-state index contributed by atoms with van der Waals surface area (Å²) < 4.78 is 5.00. The third kappa shape index (κ3) is 4.07. The zero-order valence-corrected chi connectivity index (χ0v) is 8.83. The van der Waals surface area contributed by atoms with E-state index < -0.39 is 0 Å². The van der Waals surface area contributed by atoms with Crippen molar-refractivity contribution in [2.24, 2.45) is 11.7 Å². The zero-order valence-electron chi connectivity index (χ0n) is 8.83. The van der Waals surface area contributed by atoms with Gasteiger partial charge in [-0.15, -0.1) is 0 Å². The highest BCUT2D eigenvalue weighted by Crippen LogP contribution is 2.26. The molecular formula is C10H22N2O. The summed E-state index contributed by atoms with van der Waals surface area (Å²) in [6.45, 7) is 2.82. The van der Waals surface area contributed by atoms with Gasteiger partial charge in [0.1, 0.15) is 0 Å². The molecule has 1 aliphatic carbocycles. The van der Waals surface area contributed by atoms with E-state index in [-0.39, 0.29) is 6.04 Å². The SMILES string of the molecule is COCC(N)CN(C)CC1CCC1. The van der Waals surface area contributed by atoms with Crippen LogP contribution in [0.4, 0.5) is 0 Å². The van der Waals surface area contributed by atoms with Gasteiger partial charge in [-0.2, -0.15) is 0 Å². The number of nitrogens with two attached hydrogens (primary N) is 1. The Kier molecular flexibility index (Phi) is 4.70. The molecule has 13 heavy (non-hydrogen) atoms. The number of nitrogens with zero attached hydrogens (tertiary/aromatic N) is 1. The Labute approximate surface area is 81.2 Å². The van der Waals surface area contributed by atoms with Crippen LogP contribution < -0.4 is 5.73 Å². The molecule has 0 amide bonds. The third-order valence-corrected chi connectivity index (χ3v) is 2.72. The van der Waals surface area contributed by atoms with E-state index in [1.165, 1.54) is 25.8 Å². The molecule has 3 heteroatoms. The van der Waals surface area contributed by atoms with Crippen LogP contribution in [-0.4, -0.2) is 44.8 Å². The van der Waals surface area contributed by atoms with Gasteiger partial charge in [0.25, 0.3) is 0 Å². The molecule has 0 heterocycles. The Bertz CT molecular complexity index is 137. The first kappa shape index (κ1) is 11.0. The fourth-order valence-electron chi connectivity index (χ4n) is 1.86. The van der Waals surface area contributed by atoms with Crippen LogP contribution in [0.25, 0.3) is 0 Å². The van der Waals surface area contributed by atoms with Crippen molar-refractivity contribution in [3.8, 4) is 0 Å². The fraction of sp³-hybridized carbons (Fsp3) is 1.00. The number of hydrogen-bond acceptors (Lipinski definition) is 3. The van der Waals surface area contributed by atoms with E-state index in [0.717, 1.165) is 12.5 Å². The van der Waals surface area contributed by atoms with Crippen LogP contribution in [0.1, 0.15) is 19.3 Å². The van der Waals surface area contributed by atoms with Crippen molar-refractivity contribution in [3.63, 3.8) is 0 Å². The highest BCUT2D eigenvalue weighted by atomic mass is 16.5. The lowest BCUT2D eigenvalue weighted by Gasteiger charge is -2.31. The van der Waals surface area contributed by atoms with Crippen molar-refractivity contribution in [2.45, 2.75) is 25.3 Å². The van der Waals surface area contributed by atoms with Crippen LogP contribution in [0, 0.1) is 5.92 Å². The van der Waals surface area contributed by atoms with Gasteiger partial charge in [0.05, 0.1) is 6.61 Å². The van der Waals surface area contributed by atoms with E-state index in [2.05, 4.69) is 11.9 Å². The minimum atomic E-state index is 0.162. The summed E-state index contributed by atoms with van der Waals surface area (Å²) in [6.07, 6.45) is 4.23. The summed E-state index contributed by atoms with van der Waals surface area (Å²) >= 11 is 0. The molecule has 1 aliphatic rings. The lowest BCUT2D eigenvalue weighted by Crippen LogP contribution is -2.41. The number of rotatable bonds is 6. The molecule has 0 radical (unpaired) electrons. The number of likely N-dealkylation sites (N-methyl/N-ethyl adjacent to an activating group) is 1. The Hall–Kier alpha value is -0.120.